The van der Waals surface area contributed by atoms with Crippen LogP contribution in [0.3, 0.4) is 0 Å². The van der Waals surface area contributed by atoms with Gasteiger partial charge in [-0.2, -0.15) is 0 Å². The lowest BCUT2D eigenvalue weighted by atomic mass is 10.1. The van der Waals surface area contributed by atoms with Gasteiger partial charge in [-0.15, -0.1) is 0 Å². The van der Waals surface area contributed by atoms with Gasteiger partial charge in [0, 0.05) is 29.2 Å². The number of fused-ring (bicyclic) bond motifs is 2. The van der Waals surface area contributed by atoms with E-state index >= 15 is 0 Å². The number of ether oxygens (including phenoxy) is 1. The molecule has 0 aliphatic carbocycles. The summed E-state index contributed by atoms with van der Waals surface area (Å²) >= 11 is 3.55. The van der Waals surface area contributed by atoms with Crippen molar-refractivity contribution in [3.8, 4) is 5.75 Å². The fraction of sp³-hybridized carbons (Fsp3) is 0.222. The first-order valence-electron chi connectivity index (χ1n) is 7.28. The van der Waals surface area contributed by atoms with Gasteiger partial charge in [-0.25, -0.2) is 0 Å². The van der Waals surface area contributed by atoms with E-state index in [2.05, 4.69) is 69.2 Å². The summed E-state index contributed by atoms with van der Waals surface area (Å²) in [6.45, 7) is 1.83. The third-order valence-electron chi connectivity index (χ3n) is 4.13. The molecule has 0 radical (unpaired) electrons. The van der Waals surface area contributed by atoms with Crippen LogP contribution in [0.15, 0.2) is 53.1 Å². The van der Waals surface area contributed by atoms with Gasteiger partial charge in [0.15, 0.2) is 0 Å². The number of hydrogen-bond donors (Lipinski definition) is 0. The minimum absolute atomic E-state index is 0.828. The van der Waals surface area contributed by atoms with Crippen LogP contribution >= 0.6 is 15.9 Å². The van der Waals surface area contributed by atoms with Crippen molar-refractivity contribution in [1.82, 2.24) is 4.57 Å². The first-order valence-corrected chi connectivity index (χ1v) is 8.08. The second-order valence-corrected chi connectivity index (χ2v) is 6.42. The summed E-state index contributed by atoms with van der Waals surface area (Å²) in [5.41, 5.74) is 4.03. The monoisotopic (exact) mass is 341 g/mol. The van der Waals surface area contributed by atoms with E-state index in [4.69, 9.17) is 4.74 Å². The van der Waals surface area contributed by atoms with Crippen LogP contribution in [0.2, 0.25) is 0 Å². The standard InChI is InChI=1S/C18H16BrNO/c19-16-3-2-14-6-9-20(17(14)12-16)8-5-13-1-4-18-15(11-13)7-10-21-18/h1-4,6,9,11-12H,5,7-8,10H2. The lowest BCUT2D eigenvalue weighted by Crippen LogP contribution is -2.00. The number of aryl methyl sites for hydroxylation is 2. The van der Waals surface area contributed by atoms with E-state index in [1.165, 1.54) is 22.0 Å². The molecule has 0 spiro atoms. The van der Waals surface area contributed by atoms with Gasteiger partial charge in [-0.05, 0) is 47.2 Å². The highest BCUT2D eigenvalue weighted by Crippen LogP contribution is 2.26. The average Bonchev–Trinajstić information content (AvgIpc) is 3.10. The van der Waals surface area contributed by atoms with Crippen molar-refractivity contribution < 1.29 is 4.74 Å². The summed E-state index contributed by atoms with van der Waals surface area (Å²) < 4.78 is 9.02. The predicted octanol–water partition coefficient (Wildman–Crippen LogP) is 4.58. The average molecular weight is 342 g/mol. The molecule has 2 heterocycles. The molecule has 0 atom stereocenters. The van der Waals surface area contributed by atoms with Crippen LogP contribution in [0.5, 0.6) is 5.75 Å². The largest absolute Gasteiger partial charge is 0.493 e. The van der Waals surface area contributed by atoms with Crippen molar-refractivity contribution in [3.63, 3.8) is 0 Å². The van der Waals surface area contributed by atoms with Gasteiger partial charge in [-0.3, -0.25) is 0 Å². The Labute approximate surface area is 132 Å². The van der Waals surface area contributed by atoms with Gasteiger partial charge in [0.2, 0.25) is 0 Å². The summed E-state index contributed by atoms with van der Waals surface area (Å²) in [5.74, 6) is 1.06. The summed E-state index contributed by atoms with van der Waals surface area (Å²) in [4.78, 5) is 0. The molecule has 4 rings (SSSR count). The Morgan fingerprint density at radius 1 is 1.10 bits per heavy atom. The molecule has 2 aromatic carbocycles. The van der Waals surface area contributed by atoms with Gasteiger partial charge in [-0.1, -0.05) is 34.1 Å². The van der Waals surface area contributed by atoms with Crippen LogP contribution < -0.4 is 4.74 Å². The molecule has 2 nitrogen and oxygen atoms in total. The highest BCUT2D eigenvalue weighted by Gasteiger charge is 2.12. The van der Waals surface area contributed by atoms with E-state index in [1.54, 1.807) is 0 Å². The lowest BCUT2D eigenvalue weighted by molar-refractivity contribution is 0.357. The zero-order valence-electron chi connectivity index (χ0n) is 11.7. The van der Waals surface area contributed by atoms with Crippen molar-refractivity contribution in [2.75, 3.05) is 6.61 Å². The Hall–Kier alpha value is -1.74. The maximum atomic E-state index is 5.56. The number of nitrogens with zero attached hydrogens (tertiary/aromatic N) is 1. The van der Waals surface area contributed by atoms with Crippen molar-refractivity contribution in [2.24, 2.45) is 0 Å². The molecule has 0 amide bonds. The highest BCUT2D eigenvalue weighted by atomic mass is 79.9. The quantitative estimate of drug-likeness (QED) is 0.680. The first-order chi connectivity index (χ1) is 10.3. The predicted molar refractivity (Wildman–Crippen MR) is 89.0 cm³/mol. The number of hydrogen-bond acceptors (Lipinski definition) is 1. The van der Waals surface area contributed by atoms with E-state index in [9.17, 15) is 0 Å². The topological polar surface area (TPSA) is 14.2 Å². The molecule has 0 unspecified atom stereocenters. The van der Waals surface area contributed by atoms with E-state index in [0.717, 1.165) is 36.2 Å². The molecular weight excluding hydrogens is 326 g/mol. The second kappa shape index (κ2) is 5.23. The van der Waals surface area contributed by atoms with E-state index in [0.29, 0.717) is 0 Å². The second-order valence-electron chi connectivity index (χ2n) is 5.50. The SMILES string of the molecule is Brc1ccc2ccn(CCc3ccc4c(c3)CCO4)c2c1. The molecular formula is C18H16BrNO. The molecule has 21 heavy (non-hydrogen) atoms. The van der Waals surface area contributed by atoms with Crippen molar-refractivity contribution in [2.45, 2.75) is 19.4 Å². The Kier molecular flexibility index (Phi) is 3.23. The number of benzene rings is 2. The molecule has 1 aliphatic heterocycles. The molecule has 0 saturated heterocycles. The van der Waals surface area contributed by atoms with Crippen molar-refractivity contribution in [1.29, 1.82) is 0 Å². The summed E-state index contributed by atoms with van der Waals surface area (Å²) in [7, 11) is 0. The Bertz CT molecular complexity index is 806. The molecule has 0 bridgehead atoms. The maximum absolute atomic E-state index is 5.56. The summed E-state index contributed by atoms with van der Waals surface area (Å²) in [6.07, 6.45) is 4.26. The van der Waals surface area contributed by atoms with Gasteiger partial charge < -0.3 is 9.30 Å². The fourth-order valence-corrected chi connectivity index (χ4v) is 3.35. The fourth-order valence-electron chi connectivity index (χ4n) is 3.00. The van der Waals surface area contributed by atoms with Crippen molar-refractivity contribution >= 4 is 26.8 Å². The van der Waals surface area contributed by atoms with Crippen LogP contribution in [-0.4, -0.2) is 11.2 Å². The molecule has 0 saturated carbocycles. The molecule has 3 aromatic rings. The van der Waals surface area contributed by atoms with E-state index < -0.39 is 0 Å². The Morgan fingerprint density at radius 2 is 2.05 bits per heavy atom. The zero-order chi connectivity index (χ0) is 14.2. The number of halogens is 1. The minimum atomic E-state index is 0.828. The number of aromatic nitrogens is 1. The zero-order valence-corrected chi connectivity index (χ0v) is 13.3. The van der Waals surface area contributed by atoms with Gasteiger partial charge >= 0.3 is 0 Å². The normalized spacial score (nSPS) is 13.4. The van der Waals surface area contributed by atoms with Crippen LogP contribution in [0.4, 0.5) is 0 Å². The van der Waals surface area contributed by atoms with Gasteiger partial charge in [0.25, 0.3) is 0 Å². The number of rotatable bonds is 3. The van der Waals surface area contributed by atoms with Crippen molar-refractivity contribution in [3.05, 3.63) is 64.3 Å². The summed E-state index contributed by atoms with van der Waals surface area (Å²) in [5, 5.41) is 1.29. The van der Waals surface area contributed by atoms with Crippen LogP contribution in [0.1, 0.15) is 11.1 Å². The lowest BCUT2D eigenvalue weighted by Gasteiger charge is -2.07. The molecule has 0 fully saturated rings. The maximum Gasteiger partial charge on any atom is 0.122 e. The smallest absolute Gasteiger partial charge is 0.122 e. The molecule has 1 aromatic heterocycles. The molecule has 106 valence electrons. The first kappa shape index (κ1) is 13.0. The highest BCUT2D eigenvalue weighted by molar-refractivity contribution is 9.10. The van der Waals surface area contributed by atoms with E-state index in [-0.39, 0.29) is 0 Å². The molecule has 3 heteroatoms. The van der Waals surface area contributed by atoms with Crippen LogP contribution in [-0.2, 0) is 19.4 Å². The van der Waals surface area contributed by atoms with E-state index in [1.807, 2.05) is 0 Å². The van der Waals surface area contributed by atoms with Gasteiger partial charge in [0.1, 0.15) is 5.75 Å². The third-order valence-corrected chi connectivity index (χ3v) is 4.62. The van der Waals surface area contributed by atoms with Crippen LogP contribution in [0, 0.1) is 0 Å². The minimum Gasteiger partial charge on any atom is -0.493 e. The Balaban J connectivity index is 1.57. The molecule has 0 N–H and O–H groups in total. The third kappa shape index (κ3) is 2.46. The van der Waals surface area contributed by atoms with Gasteiger partial charge in [0.05, 0.1) is 6.61 Å². The molecule has 1 aliphatic rings. The van der Waals surface area contributed by atoms with Crippen LogP contribution in [0.25, 0.3) is 10.9 Å². The summed E-state index contributed by atoms with van der Waals surface area (Å²) in [6, 6.07) is 15.2. The Morgan fingerprint density at radius 3 is 3.00 bits per heavy atom.